The molecule has 1 aliphatic rings. The average Bonchev–Trinajstić information content (AvgIpc) is 2.29. The van der Waals surface area contributed by atoms with Crippen LogP contribution in [0.2, 0.25) is 0 Å². The first-order chi connectivity index (χ1) is 7.29. The fraction of sp³-hybridized carbons (Fsp3) is 0.600. The molecule has 1 aromatic heterocycles. The second-order valence-corrected chi connectivity index (χ2v) is 3.75. The lowest BCUT2D eigenvalue weighted by molar-refractivity contribution is 0.0893. The summed E-state index contributed by atoms with van der Waals surface area (Å²) in [6, 6.07) is 1.57. The van der Waals surface area contributed by atoms with Crippen molar-refractivity contribution in [3.8, 4) is 0 Å². The van der Waals surface area contributed by atoms with Gasteiger partial charge in [-0.1, -0.05) is 0 Å². The van der Waals surface area contributed by atoms with Crippen molar-refractivity contribution in [1.82, 2.24) is 10.2 Å². The van der Waals surface area contributed by atoms with Crippen molar-refractivity contribution in [2.45, 2.75) is 18.9 Å². The monoisotopic (exact) mass is 209 g/mol. The molecule has 5 heteroatoms. The first-order valence-electron chi connectivity index (χ1n) is 5.12. The number of nitrogens with one attached hydrogen (secondary N) is 1. The number of methoxy groups -OCH3 is 1. The minimum atomic E-state index is -0.160. The Labute approximate surface area is 88.1 Å². The van der Waals surface area contributed by atoms with Gasteiger partial charge in [-0.25, -0.2) is 5.10 Å². The summed E-state index contributed by atoms with van der Waals surface area (Å²) < 4.78 is 5.33. The number of anilines is 1. The Morgan fingerprint density at radius 2 is 2.53 bits per heavy atom. The number of ether oxygens (including phenoxy) is 1. The molecule has 0 amide bonds. The van der Waals surface area contributed by atoms with Crippen LogP contribution in [0.1, 0.15) is 12.8 Å². The van der Waals surface area contributed by atoms with Crippen LogP contribution in [0.5, 0.6) is 0 Å². The van der Waals surface area contributed by atoms with Crippen molar-refractivity contribution in [2.24, 2.45) is 0 Å². The van der Waals surface area contributed by atoms with Crippen molar-refractivity contribution in [2.75, 3.05) is 25.1 Å². The molecule has 1 fully saturated rings. The van der Waals surface area contributed by atoms with Crippen molar-refractivity contribution in [3.05, 3.63) is 22.6 Å². The van der Waals surface area contributed by atoms with Gasteiger partial charge >= 0.3 is 0 Å². The highest BCUT2D eigenvalue weighted by molar-refractivity contribution is 5.43. The van der Waals surface area contributed by atoms with Crippen molar-refractivity contribution in [1.29, 1.82) is 0 Å². The van der Waals surface area contributed by atoms with E-state index in [4.69, 9.17) is 4.74 Å². The highest BCUT2D eigenvalue weighted by atomic mass is 16.5. The summed E-state index contributed by atoms with van der Waals surface area (Å²) in [5.74, 6) is 0. The zero-order valence-corrected chi connectivity index (χ0v) is 8.77. The first-order valence-corrected chi connectivity index (χ1v) is 5.12. The van der Waals surface area contributed by atoms with Crippen LogP contribution in [0.4, 0.5) is 5.69 Å². The number of hydrogen-bond donors (Lipinski definition) is 1. The normalized spacial score (nSPS) is 21.7. The van der Waals surface area contributed by atoms with E-state index in [0.717, 1.165) is 31.6 Å². The summed E-state index contributed by atoms with van der Waals surface area (Å²) in [6.07, 6.45) is 4.12. The molecule has 0 saturated carbocycles. The molecular formula is C10H15N3O2. The Kier molecular flexibility index (Phi) is 3.01. The summed E-state index contributed by atoms with van der Waals surface area (Å²) in [6.45, 7) is 1.80. The lowest BCUT2D eigenvalue weighted by atomic mass is 10.1. The maximum atomic E-state index is 11.1. The van der Waals surface area contributed by atoms with E-state index >= 15 is 0 Å². The van der Waals surface area contributed by atoms with Gasteiger partial charge in [-0.05, 0) is 12.8 Å². The van der Waals surface area contributed by atoms with Gasteiger partial charge in [-0.2, -0.15) is 5.10 Å². The van der Waals surface area contributed by atoms with Gasteiger partial charge in [-0.15, -0.1) is 0 Å². The topological polar surface area (TPSA) is 58.2 Å². The van der Waals surface area contributed by atoms with Crippen LogP contribution in [0.3, 0.4) is 0 Å². The van der Waals surface area contributed by atoms with Crippen LogP contribution >= 0.6 is 0 Å². The molecule has 0 aliphatic carbocycles. The number of hydrogen-bond acceptors (Lipinski definition) is 4. The van der Waals surface area contributed by atoms with E-state index < -0.39 is 0 Å². The highest BCUT2D eigenvalue weighted by Gasteiger charge is 2.19. The van der Waals surface area contributed by atoms with E-state index in [1.54, 1.807) is 19.4 Å². The van der Waals surface area contributed by atoms with Crippen LogP contribution in [0.15, 0.2) is 17.1 Å². The molecule has 1 unspecified atom stereocenters. The summed E-state index contributed by atoms with van der Waals surface area (Å²) >= 11 is 0. The van der Waals surface area contributed by atoms with Gasteiger partial charge in [0.2, 0.25) is 0 Å². The second kappa shape index (κ2) is 4.44. The van der Waals surface area contributed by atoms with E-state index in [2.05, 4.69) is 15.1 Å². The Morgan fingerprint density at radius 3 is 3.27 bits per heavy atom. The van der Waals surface area contributed by atoms with Crippen molar-refractivity contribution in [3.63, 3.8) is 0 Å². The lowest BCUT2D eigenvalue weighted by Gasteiger charge is -2.33. The molecule has 0 radical (unpaired) electrons. The van der Waals surface area contributed by atoms with Gasteiger partial charge in [0.1, 0.15) is 0 Å². The van der Waals surface area contributed by atoms with Crippen LogP contribution in [-0.2, 0) is 4.74 Å². The fourth-order valence-corrected chi connectivity index (χ4v) is 1.90. The largest absolute Gasteiger partial charge is 0.380 e. The molecular weight excluding hydrogens is 194 g/mol. The molecule has 0 spiro atoms. The predicted octanol–water partition coefficient (Wildman–Crippen LogP) is 0.385. The molecule has 1 aliphatic heterocycles. The zero-order chi connectivity index (χ0) is 10.7. The number of H-pyrrole nitrogens is 1. The van der Waals surface area contributed by atoms with Gasteiger partial charge < -0.3 is 9.64 Å². The molecule has 0 aromatic carbocycles. The molecule has 2 heterocycles. The summed E-state index contributed by atoms with van der Waals surface area (Å²) in [4.78, 5) is 13.2. The molecule has 1 N–H and O–H groups in total. The highest BCUT2D eigenvalue weighted by Crippen LogP contribution is 2.18. The molecule has 1 atom stereocenters. The minimum absolute atomic E-state index is 0.160. The Hall–Kier alpha value is -1.36. The number of rotatable bonds is 2. The summed E-state index contributed by atoms with van der Waals surface area (Å²) in [5.41, 5.74) is 0.715. The summed E-state index contributed by atoms with van der Waals surface area (Å²) in [5, 5.41) is 6.16. The molecule has 0 bridgehead atoms. The minimum Gasteiger partial charge on any atom is -0.380 e. The zero-order valence-electron chi connectivity index (χ0n) is 8.77. The van der Waals surface area contributed by atoms with E-state index in [0.29, 0.717) is 0 Å². The third-order valence-electron chi connectivity index (χ3n) is 2.73. The number of piperidine rings is 1. The SMILES string of the molecule is COC1CCCN(c2cn[nH]c(=O)c2)C1. The Bertz CT molecular complexity index is 377. The van der Waals surface area contributed by atoms with Gasteiger partial charge in [-0.3, -0.25) is 4.79 Å². The molecule has 2 rings (SSSR count). The quantitative estimate of drug-likeness (QED) is 0.765. The number of aromatic amines is 1. The maximum Gasteiger partial charge on any atom is 0.266 e. The smallest absolute Gasteiger partial charge is 0.266 e. The van der Waals surface area contributed by atoms with Crippen molar-refractivity contribution < 1.29 is 4.74 Å². The third-order valence-corrected chi connectivity index (χ3v) is 2.73. The standard InChI is InChI=1S/C10H15N3O2/c1-15-9-3-2-4-13(7-9)8-5-10(14)12-11-6-8/h5-6,9H,2-4,7H2,1H3,(H,12,14). The van der Waals surface area contributed by atoms with Gasteiger partial charge in [0.15, 0.2) is 0 Å². The van der Waals surface area contributed by atoms with E-state index in [1.807, 2.05) is 0 Å². The predicted molar refractivity (Wildman–Crippen MR) is 57.1 cm³/mol. The first kappa shape index (κ1) is 10.2. The second-order valence-electron chi connectivity index (χ2n) is 3.75. The fourth-order valence-electron chi connectivity index (χ4n) is 1.90. The average molecular weight is 209 g/mol. The van der Waals surface area contributed by atoms with Crippen molar-refractivity contribution >= 4 is 5.69 Å². The molecule has 82 valence electrons. The van der Waals surface area contributed by atoms with E-state index in [-0.39, 0.29) is 11.7 Å². The number of aromatic nitrogens is 2. The van der Waals surface area contributed by atoms with E-state index in [1.165, 1.54) is 0 Å². The van der Waals surface area contributed by atoms with Gasteiger partial charge in [0, 0.05) is 26.3 Å². The summed E-state index contributed by atoms with van der Waals surface area (Å²) in [7, 11) is 1.73. The molecule has 5 nitrogen and oxygen atoms in total. The van der Waals surface area contributed by atoms with Gasteiger partial charge in [0.25, 0.3) is 5.56 Å². The van der Waals surface area contributed by atoms with E-state index in [9.17, 15) is 4.79 Å². The van der Waals surface area contributed by atoms with Gasteiger partial charge in [0.05, 0.1) is 18.0 Å². The molecule has 1 aromatic rings. The van der Waals surface area contributed by atoms with Crippen LogP contribution < -0.4 is 10.5 Å². The Balaban J connectivity index is 2.13. The van der Waals surface area contributed by atoms with Crippen LogP contribution in [0, 0.1) is 0 Å². The molecule has 15 heavy (non-hydrogen) atoms. The third kappa shape index (κ3) is 2.36. The Morgan fingerprint density at radius 1 is 1.67 bits per heavy atom. The number of nitrogens with zero attached hydrogens (tertiary/aromatic N) is 2. The molecule has 1 saturated heterocycles. The lowest BCUT2D eigenvalue weighted by Crippen LogP contribution is -2.39. The maximum absolute atomic E-state index is 11.1. The van der Waals surface area contributed by atoms with Crippen LogP contribution in [-0.4, -0.2) is 36.5 Å². The van der Waals surface area contributed by atoms with Crippen LogP contribution in [0.25, 0.3) is 0 Å².